The maximum Gasteiger partial charge on any atom is 0.293 e. The summed E-state index contributed by atoms with van der Waals surface area (Å²) in [6.45, 7) is 0.480. The number of alkyl halides is 1. The Labute approximate surface area is 52.8 Å². The van der Waals surface area contributed by atoms with E-state index in [4.69, 9.17) is 11.6 Å². The molecule has 2 nitrogen and oxygen atoms in total. The Morgan fingerprint density at radius 3 is 2.62 bits per heavy atom. The lowest BCUT2D eigenvalue weighted by atomic mass is 9.96. The summed E-state index contributed by atoms with van der Waals surface area (Å²) < 4.78 is 4.58. The van der Waals surface area contributed by atoms with E-state index in [1.54, 1.807) is 0 Å². The van der Waals surface area contributed by atoms with Gasteiger partial charge in [-0.05, 0) is 0 Å². The number of carbonyl (C=O) groups is 1. The zero-order valence-corrected chi connectivity index (χ0v) is 5.10. The summed E-state index contributed by atoms with van der Waals surface area (Å²) in [4.78, 5) is 9.65. The van der Waals surface area contributed by atoms with Gasteiger partial charge in [-0.25, -0.2) is 0 Å². The van der Waals surface area contributed by atoms with Crippen LogP contribution in [-0.2, 0) is 9.53 Å². The maximum absolute atomic E-state index is 9.65. The third-order valence-electron chi connectivity index (χ3n) is 1.29. The highest BCUT2D eigenvalue weighted by Gasteiger charge is 2.28. The van der Waals surface area contributed by atoms with Crippen molar-refractivity contribution in [2.24, 2.45) is 0 Å². The highest BCUT2D eigenvalue weighted by atomic mass is 35.5. The van der Waals surface area contributed by atoms with Gasteiger partial charge in [0.1, 0.15) is 6.10 Å². The van der Waals surface area contributed by atoms with Crippen molar-refractivity contribution in [3.05, 3.63) is 0 Å². The summed E-state index contributed by atoms with van der Waals surface area (Å²) in [6.07, 6.45) is 1.75. The van der Waals surface area contributed by atoms with Gasteiger partial charge in [0.2, 0.25) is 0 Å². The topological polar surface area (TPSA) is 26.3 Å². The standard InChI is InChI=1S/C5H7ClO2/c6-4-1-5(2-4)8-3-7/h3-5H,1-2H2. The fourth-order valence-electron chi connectivity index (χ4n) is 0.691. The van der Waals surface area contributed by atoms with Crippen LogP contribution >= 0.6 is 11.6 Å². The Balaban J connectivity index is 2.06. The van der Waals surface area contributed by atoms with Crippen molar-refractivity contribution in [1.82, 2.24) is 0 Å². The van der Waals surface area contributed by atoms with Crippen LogP contribution in [0.15, 0.2) is 0 Å². The van der Waals surface area contributed by atoms with E-state index >= 15 is 0 Å². The van der Waals surface area contributed by atoms with Crippen LogP contribution in [0.5, 0.6) is 0 Å². The molecule has 0 spiro atoms. The smallest absolute Gasteiger partial charge is 0.293 e. The maximum atomic E-state index is 9.65. The molecule has 0 aromatic rings. The average molecular weight is 135 g/mol. The normalized spacial score (nSPS) is 35.6. The van der Waals surface area contributed by atoms with E-state index < -0.39 is 0 Å². The molecule has 0 heterocycles. The van der Waals surface area contributed by atoms with Crippen LogP contribution in [0.3, 0.4) is 0 Å². The number of hydrogen-bond acceptors (Lipinski definition) is 2. The molecule has 0 unspecified atom stereocenters. The van der Waals surface area contributed by atoms with E-state index in [1.807, 2.05) is 0 Å². The van der Waals surface area contributed by atoms with Crippen LogP contribution in [0, 0.1) is 0 Å². The SMILES string of the molecule is O=COC1CC(Cl)C1. The van der Waals surface area contributed by atoms with E-state index in [0.29, 0.717) is 6.47 Å². The average Bonchev–Trinajstić information content (AvgIpc) is 1.64. The molecule has 0 aromatic heterocycles. The van der Waals surface area contributed by atoms with Gasteiger partial charge in [-0.1, -0.05) is 0 Å². The van der Waals surface area contributed by atoms with Crippen molar-refractivity contribution < 1.29 is 9.53 Å². The van der Waals surface area contributed by atoms with Crippen LogP contribution in [0.25, 0.3) is 0 Å². The van der Waals surface area contributed by atoms with Crippen molar-refractivity contribution in [3.63, 3.8) is 0 Å². The third-order valence-corrected chi connectivity index (χ3v) is 1.64. The van der Waals surface area contributed by atoms with Crippen LogP contribution < -0.4 is 0 Å². The number of rotatable bonds is 2. The number of halogens is 1. The van der Waals surface area contributed by atoms with Gasteiger partial charge in [0.05, 0.1) is 0 Å². The van der Waals surface area contributed by atoms with Crippen LogP contribution in [0.1, 0.15) is 12.8 Å². The highest BCUT2D eigenvalue weighted by molar-refractivity contribution is 6.21. The molecule has 1 fully saturated rings. The van der Waals surface area contributed by atoms with Gasteiger partial charge in [-0.2, -0.15) is 0 Å². The van der Waals surface area contributed by atoms with Gasteiger partial charge in [0.15, 0.2) is 0 Å². The van der Waals surface area contributed by atoms with Crippen molar-refractivity contribution in [2.45, 2.75) is 24.3 Å². The summed E-state index contributed by atoms with van der Waals surface area (Å²) in [5, 5.41) is 0.236. The molecule has 0 radical (unpaired) electrons. The molecule has 46 valence electrons. The third kappa shape index (κ3) is 1.13. The highest BCUT2D eigenvalue weighted by Crippen LogP contribution is 2.27. The Morgan fingerprint density at radius 2 is 2.25 bits per heavy atom. The molecular formula is C5H7ClO2. The molecule has 1 aliphatic rings. The first kappa shape index (κ1) is 5.89. The van der Waals surface area contributed by atoms with Crippen LogP contribution in [0.4, 0.5) is 0 Å². The van der Waals surface area contributed by atoms with E-state index in [9.17, 15) is 4.79 Å². The molecule has 0 aliphatic heterocycles. The second-order valence-electron chi connectivity index (χ2n) is 1.92. The predicted octanol–water partition coefficient (Wildman–Crippen LogP) is 0.929. The second-order valence-corrected chi connectivity index (χ2v) is 2.54. The fraction of sp³-hybridized carbons (Fsp3) is 0.800. The molecule has 1 rings (SSSR count). The first-order valence-electron chi connectivity index (χ1n) is 2.56. The molecule has 1 aliphatic carbocycles. The molecule has 0 bridgehead atoms. The molecule has 0 saturated heterocycles. The minimum absolute atomic E-state index is 0.106. The van der Waals surface area contributed by atoms with Crippen LogP contribution in [-0.4, -0.2) is 18.0 Å². The van der Waals surface area contributed by atoms with Gasteiger partial charge in [0, 0.05) is 18.2 Å². The largest absolute Gasteiger partial charge is 0.464 e. The molecule has 0 N–H and O–H groups in total. The first-order chi connectivity index (χ1) is 3.83. The zero-order valence-electron chi connectivity index (χ0n) is 4.34. The van der Waals surface area contributed by atoms with E-state index in [2.05, 4.69) is 4.74 Å². The predicted molar refractivity (Wildman–Crippen MR) is 29.8 cm³/mol. The molecule has 1 saturated carbocycles. The number of ether oxygens (including phenoxy) is 1. The van der Waals surface area contributed by atoms with E-state index in [1.165, 1.54) is 0 Å². The summed E-state index contributed by atoms with van der Waals surface area (Å²) in [5.74, 6) is 0. The first-order valence-corrected chi connectivity index (χ1v) is 2.99. The Morgan fingerprint density at radius 1 is 1.62 bits per heavy atom. The molecule has 0 amide bonds. The van der Waals surface area contributed by atoms with Crippen LogP contribution in [0.2, 0.25) is 0 Å². The van der Waals surface area contributed by atoms with Crippen molar-refractivity contribution in [1.29, 1.82) is 0 Å². The summed E-state index contributed by atoms with van der Waals surface area (Å²) >= 11 is 5.58. The van der Waals surface area contributed by atoms with Gasteiger partial charge >= 0.3 is 0 Å². The molecule has 0 atom stereocenters. The molecule has 3 heteroatoms. The van der Waals surface area contributed by atoms with Gasteiger partial charge in [0.25, 0.3) is 6.47 Å². The Bertz CT molecular complexity index is 88.4. The van der Waals surface area contributed by atoms with E-state index in [-0.39, 0.29) is 11.5 Å². The monoisotopic (exact) mass is 134 g/mol. The molecular weight excluding hydrogens is 128 g/mol. The Kier molecular flexibility index (Phi) is 1.73. The van der Waals surface area contributed by atoms with Crippen molar-refractivity contribution >= 4 is 18.1 Å². The lowest BCUT2D eigenvalue weighted by Gasteiger charge is -2.28. The summed E-state index contributed by atoms with van der Waals surface area (Å²) in [7, 11) is 0. The molecule has 0 aromatic carbocycles. The van der Waals surface area contributed by atoms with Gasteiger partial charge in [-0.15, -0.1) is 11.6 Å². The lowest BCUT2D eigenvalue weighted by molar-refractivity contribution is -0.136. The molecule has 8 heavy (non-hydrogen) atoms. The summed E-state index contributed by atoms with van der Waals surface area (Å²) in [6, 6.07) is 0. The van der Waals surface area contributed by atoms with Crippen molar-refractivity contribution in [3.8, 4) is 0 Å². The minimum atomic E-state index is 0.106. The quantitative estimate of drug-likeness (QED) is 0.415. The number of hydrogen-bond donors (Lipinski definition) is 0. The van der Waals surface area contributed by atoms with Gasteiger partial charge < -0.3 is 4.74 Å². The lowest BCUT2D eigenvalue weighted by Crippen LogP contribution is -2.31. The van der Waals surface area contributed by atoms with Gasteiger partial charge in [-0.3, -0.25) is 4.79 Å². The summed E-state index contributed by atoms with van der Waals surface area (Å²) in [5.41, 5.74) is 0. The zero-order chi connectivity index (χ0) is 5.98. The van der Waals surface area contributed by atoms with Crippen molar-refractivity contribution in [2.75, 3.05) is 0 Å². The second kappa shape index (κ2) is 2.35. The van der Waals surface area contributed by atoms with E-state index in [0.717, 1.165) is 12.8 Å². The fourth-order valence-corrected chi connectivity index (χ4v) is 1.09. The number of carbonyl (C=O) groups excluding carboxylic acids is 1. The Hall–Kier alpha value is -0.240. The minimum Gasteiger partial charge on any atom is -0.464 e.